The van der Waals surface area contributed by atoms with Gasteiger partial charge in [0.2, 0.25) is 0 Å². The summed E-state index contributed by atoms with van der Waals surface area (Å²) in [6.45, 7) is 0. The van der Waals surface area contributed by atoms with Crippen LogP contribution in [-0.2, 0) is 9.05 Å². The van der Waals surface area contributed by atoms with E-state index < -0.39 is 9.05 Å². The highest BCUT2D eigenvalue weighted by Gasteiger charge is 2.16. The van der Waals surface area contributed by atoms with Crippen LogP contribution < -0.4 is 0 Å². The summed E-state index contributed by atoms with van der Waals surface area (Å²) in [4.78, 5) is 0.127. The van der Waals surface area contributed by atoms with E-state index in [2.05, 4.69) is 0 Å². The first-order valence-electron chi connectivity index (χ1n) is 3.60. The van der Waals surface area contributed by atoms with Gasteiger partial charge >= 0.3 is 0 Å². The summed E-state index contributed by atoms with van der Waals surface area (Å²) in [5.41, 5.74) is 0. The minimum Gasteiger partial charge on any atom is -0.207 e. The Morgan fingerprint density at radius 3 is 2.64 bits per heavy atom. The maximum Gasteiger partial charge on any atom is 0.262 e. The molecule has 0 unspecified atom stereocenters. The van der Waals surface area contributed by atoms with Gasteiger partial charge in [0.05, 0.1) is 9.72 Å². The molecule has 0 radical (unpaired) electrons. The van der Waals surface area contributed by atoms with E-state index in [1.807, 2.05) is 0 Å². The fourth-order valence-electron chi connectivity index (χ4n) is 1.19. The molecule has 74 valence electrons. The highest BCUT2D eigenvalue weighted by atomic mass is 35.7. The van der Waals surface area contributed by atoms with Gasteiger partial charge in [0.25, 0.3) is 9.05 Å². The predicted molar refractivity (Wildman–Crippen MR) is 59.9 cm³/mol. The van der Waals surface area contributed by atoms with Crippen LogP contribution in [0.25, 0.3) is 10.1 Å². The Hall–Kier alpha value is -0.290. The summed E-state index contributed by atoms with van der Waals surface area (Å²) in [7, 11) is 1.59. The van der Waals surface area contributed by atoms with Crippen LogP contribution in [0.1, 0.15) is 0 Å². The molecule has 0 saturated carbocycles. The Balaban J connectivity index is 2.90. The van der Waals surface area contributed by atoms with Gasteiger partial charge in [0.15, 0.2) is 0 Å². The monoisotopic (exact) mass is 266 g/mol. The molecule has 0 saturated heterocycles. The fourth-order valence-corrected chi connectivity index (χ4v) is 4.01. The molecule has 2 nitrogen and oxygen atoms in total. The molecule has 2 rings (SSSR count). The maximum absolute atomic E-state index is 11.1. The minimum absolute atomic E-state index is 0.127. The smallest absolute Gasteiger partial charge is 0.207 e. The van der Waals surface area contributed by atoms with Gasteiger partial charge in [0.1, 0.15) is 4.90 Å². The fraction of sp³-hybridized carbons (Fsp3) is 0. The van der Waals surface area contributed by atoms with Crippen LogP contribution in [0.5, 0.6) is 0 Å². The van der Waals surface area contributed by atoms with E-state index in [1.165, 1.54) is 16.7 Å². The molecule has 6 heteroatoms. The zero-order valence-corrected chi connectivity index (χ0v) is 9.84. The lowest BCUT2D eigenvalue weighted by molar-refractivity contribution is 0.610. The third-order valence-electron chi connectivity index (χ3n) is 1.78. The average molecular weight is 267 g/mol. The second-order valence-corrected chi connectivity index (χ2v) is 6.48. The van der Waals surface area contributed by atoms with E-state index in [0.29, 0.717) is 10.4 Å². The van der Waals surface area contributed by atoms with E-state index in [-0.39, 0.29) is 4.90 Å². The first-order chi connectivity index (χ1) is 6.50. The number of benzene rings is 1. The van der Waals surface area contributed by atoms with Gasteiger partial charge < -0.3 is 0 Å². The molecule has 2 aromatic rings. The largest absolute Gasteiger partial charge is 0.262 e. The van der Waals surface area contributed by atoms with Crippen molar-refractivity contribution in [2.24, 2.45) is 0 Å². The Bertz CT molecular complexity index is 586. The molecule has 0 bridgehead atoms. The topological polar surface area (TPSA) is 34.1 Å². The number of fused-ring (bicyclic) bond motifs is 1. The number of hydrogen-bond donors (Lipinski definition) is 0. The van der Waals surface area contributed by atoms with E-state index >= 15 is 0 Å². The molecular weight excluding hydrogens is 263 g/mol. The van der Waals surface area contributed by atoms with Crippen LogP contribution in [0.4, 0.5) is 0 Å². The molecule has 0 amide bonds. The first kappa shape index (κ1) is 10.2. The van der Waals surface area contributed by atoms with Gasteiger partial charge in [-0.3, -0.25) is 0 Å². The predicted octanol–water partition coefficient (Wildman–Crippen LogP) is 3.48. The van der Waals surface area contributed by atoms with Gasteiger partial charge in [-0.2, -0.15) is 0 Å². The quantitative estimate of drug-likeness (QED) is 0.741. The lowest BCUT2D eigenvalue weighted by Crippen LogP contribution is -1.87. The lowest BCUT2D eigenvalue weighted by atomic mass is 10.3. The van der Waals surface area contributed by atoms with Crippen molar-refractivity contribution in [3.63, 3.8) is 0 Å². The molecular formula is C8H4Cl2O2S2. The normalized spacial score (nSPS) is 12.1. The molecule has 0 fully saturated rings. The van der Waals surface area contributed by atoms with Crippen molar-refractivity contribution >= 4 is 52.8 Å². The van der Waals surface area contributed by atoms with E-state index in [1.54, 1.807) is 18.2 Å². The second kappa shape index (κ2) is 3.38. The summed E-state index contributed by atoms with van der Waals surface area (Å²) in [5, 5.41) is 2.62. The van der Waals surface area contributed by atoms with Crippen molar-refractivity contribution in [1.29, 1.82) is 0 Å². The summed E-state index contributed by atoms with van der Waals surface area (Å²) in [5.74, 6) is 0. The Kier molecular flexibility index (Phi) is 2.47. The highest BCUT2D eigenvalue weighted by molar-refractivity contribution is 8.14. The van der Waals surface area contributed by atoms with Crippen molar-refractivity contribution in [2.75, 3.05) is 0 Å². The van der Waals surface area contributed by atoms with Gasteiger partial charge in [-0.05, 0) is 6.07 Å². The van der Waals surface area contributed by atoms with Gasteiger partial charge in [-0.1, -0.05) is 23.7 Å². The van der Waals surface area contributed by atoms with Crippen molar-refractivity contribution in [3.8, 4) is 0 Å². The molecule has 0 spiro atoms. The molecule has 0 aliphatic rings. The third kappa shape index (κ3) is 1.63. The van der Waals surface area contributed by atoms with Crippen molar-refractivity contribution < 1.29 is 8.42 Å². The van der Waals surface area contributed by atoms with Gasteiger partial charge in [0, 0.05) is 21.4 Å². The third-order valence-corrected chi connectivity index (χ3v) is 4.75. The van der Waals surface area contributed by atoms with E-state index in [4.69, 9.17) is 22.3 Å². The van der Waals surface area contributed by atoms with Crippen LogP contribution in [-0.4, -0.2) is 8.42 Å². The minimum atomic E-state index is -3.68. The van der Waals surface area contributed by atoms with Crippen LogP contribution in [0, 0.1) is 0 Å². The number of halogens is 2. The zero-order valence-electron chi connectivity index (χ0n) is 6.70. The Labute approximate surface area is 94.5 Å². The molecule has 1 heterocycles. The van der Waals surface area contributed by atoms with Crippen molar-refractivity contribution in [1.82, 2.24) is 0 Å². The molecule has 1 aromatic heterocycles. The summed E-state index contributed by atoms with van der Waals surface area (Å²) in [6.07, 6.45) is 0. The van der Waals surface area contributed by atoms with Crippen molar-refractivity contribution in [2.45, 2.75) is 4.90 Å². The lowest BCUT2D eigenvalue weighted by Gasteiger charge is -1.94. The van der Waals surface area contributed by atoms with Gasteiger partial charge in [-0.25, -0.2) is 8.42 Å². The molecule has 14 heavy (non-hydrogen) atoms. The second-order valence-electron chi connectivity index (χ2n) is 2.65. The Morgan fingerprint density at radius 1 is 1.29 bits per heavy atom. The summed E-state index contributed by atoms with van der Waals surface area (Å²) >= 11 is 7.16. The SMILES string of the molecule is O=S(=O)(Cl)c1csc2c(Cl)cccc12. The molecule has 0 N–H and O–H groups in total. The van der Waals surface area contributed by atoms with E-state index in [0.717, 1.165) is 4.70 Å². The molecule has 1 aromatic carbocycles. The Morgan fingerprint density at radius 2 is 2.00 bits per heavy atom. The van der Waals surface area contributed by atoms with Crippen molar-refractivity contribution in [3.05, 3.63) is 28.6 Å². The zero-order chi connectivity index (χ0) is 10.3. The molecule has 0 atom stereocenters. The summed E-state index contributed by atoms with van der Waals surface area (Å²) < 4.78 is 23.0. The van der Waals surface area contributed by atoms with Crippen LogP contribution in [0.2, 0.25) is 5.02 Å². The van der Waals surface area contributed by atoms with Crippen LogP contribution >= 0.6 is 33.6 Å². The summed E-state index contributed by atoms with van der Waals surface area (Å²) in [6, 6.07) is 5.10. The van der Waals surface area contributed by atoms with Crippen LogP contribution in [0.15, 0.2) is 28.5 Å². The maximum atomic E-state index is 11.1. The highest BCUT2D eigenvalue weighted by Crippen LogP contribution is 2.35. The number of rotatable bonds is 1. The van der Waals surface area contributed by atoms with E-state index in [9.17, 15) is 8.42 Å². The number of hydrogen-bond acceptors (Lipinski definition) is 3. The first-order valence-corrected chi connectivity index (χ1v) is 7.17. The molecule has 0 aliphatic heterocycles. The average Bonchev–Trinajstić information content (AvgIpc) is 2.47. The standard InChI is InChI=1S/C8H4Cl2O2S2/c9-6-3-1-2-5-7(14(10,11)12)4-13-8(5)6/h1-4H. The number of thiophene rings is 1. The van der Waals surface area contributed by atoms with Gasteiger partial charge in [-0.15, -0.1) is 11.3 Å². The molecule has 0 aliphatic carbocycles. The van der Waals surface area contributed by atoms with Crippen LogP contribution in [0.3, 0.4) is 0 Å².